The molecule has 128 valence electrons. The van der Waals surface area contributed by atoms with Crippen LogP contribution in [-0.2, 0) is 29.5 Å². The Morgan fingerprint density at radius 3 is 2.79 bits per heavy atom. The molecule has 2 rings (SSSR count). The monoisotopic (exact) mass is 396 g/mol. The predicted molar refractivity (Wildman–Crippen MR) is 87.6 cm³/mol. The molecule has 0 fully saturated rings. The van der Waals surface area contributed by atoms with Crippen LogP contribution in [0.15, 0.2) is 36.2 Å². The number of amides is 1. The van der Waals surface area contributed by atoms with Gasteiger partial charge in [-0.3, -0.25) is 24.7 Å². The molecule has 0 aliphatic carbocycles. The molecule has 0 saturated heterocycles. The standard InChI is InChI=1S/C16H17BrN2O5/c1-10(20)23-13-14(22)16(2,11-5-4-8-18-9-11)24-15(13)19-12(21)6-3-7-17/h4-5,8-9H,3,6-7H2,1-2H3,(H,19,21). The Hall–Kier alpha value is -2.22. The lowest BCUT2D eigenvalue weighted by molar-refractivity contribution is -0.142. The zero-order valence-corrected chi connectivity index (χ0v) is 14.9. The molecule has 1 aliphatic rings. The number of carbonyl (C=O) groups excluding carboxylic acids is 3. The minimum absolute atomic E-state index is 0.152. The maximum atomic E-state index is 12.7. The van der Waals surface area contributed by atoms with Gasteiger partial charge in [0.2, 0.25) is 23.2 Å². The third-order valence-corrected chi connectivity index (χ3v) is 3.96. The van der Waals surface area contributed by atoms with E-state index in [1.807, 2.05) is 0 Å². The fourth-order valence-electron chi connectivity index (χ4n) is 2.19. The minimum Gasteiger partial charge on any atom is -0.456 e. The van der Waals surface area contributed by atoms with Gasteiger partial charge in [-0.25, -0.2) is 0 Å². The lowest BCUT2D eigenvalue weighted by Crippen LogP contribution is -2.32. The fraction of sp³-hybridized carbons (Fsp3) is 0.375. The quantitative estimate of drug-likeness (QED) is 0.582. The van der Waals surface area contributed by atoms with Gasteiger partial charge >= 0.3 is 5.97 Å². The number of carbonyl (C=O) groups is 3. The van der Waals surface area contributed by atoms with E-state index in [0.717, 1.165) is 0 Å². The lowest BCUT2D eigenvalue weighted by atomic mass is 9.93. The summed E-state index contributed by atoms with van der Waals surface area (Å²) in [7, 11) is 0. The number of Topliss-reactive ketones (excluding diaryl/α,β-unsaturated/α-hetero) is 1. The fourth-order valence-corrected chi connectivity index (χ4v) is 2.47. The minimum atomic E-state index is -1.42. The molecule has 7 nitrogen and oxygen atoms in total. The second-order valence-electron chi connectivity index (χ2n) is 5.30. The first kappa shape index (κ1) is 18.1. The van der Waals surface area contributed by atoms with E-state index >= 15 is 0 Å². The molecule has 0 aromatic carbocycles. The number of nitrogens with zero attached hydrogens (tertiary/aromatic N) is 1. The molecule has 0 bridgehead atoms. The first-order chi connectivity index (χ1) is 11.4. The topological polar surface area (TPSA) is 94.6 Å². The molecule has 1 aromatic heterocycles. The molecule has 1 unspecified atom stereocenters. The van der Waals surface area contributed by atoms with Crippen LogP contribution in [0.3, 0.4) is 0 Å². The number of ketones is 1. The number of halogens is 1. The summed E-state index contributed by atoms with van der Waals surface area (Å²) in [6, 6.07) is 3.33. The Labute approximate surface area is 147 Å². The highest BCUT2D eigenvalue weighted by molar-refractivity contribution is 9.09. The summed E-state index contributed by atoms with van der Waals surface area (Å²) >= 11 is 3.24. The number of esters is 1. The summed E-state index contributed by atoms with van der Waals surface area (Å²) in [6.45, 7) is 2.71. The summed E-state index contributed by atoms with van der Waals surface area (Å²) in [4.78, 5) is 39.9. The van der Waals surface area contributed by atoms with Gasteiger partial charge in [0, 0.05) is 36.6 Å². The summed E-state index contributed by atoms with van der Waals surface area (Å²) < 4.78 is 10.7. The Morgan fingerprint density at radius 1 is 1.46 bits per heavy atom. The first-order valence-corrected chi connectivity index (χ1v) is 8.43. The van der Waals surface area contributed by atoms with Crippen LogP contribution in [0.4, 0.5) is 0 Å². The molecule has 0 spiro atoms. The average molecular weight is 397 g/mol. The SMILES string of the molecule is CC(=O)OC1=C(NC(=O)CCCBr)OC(C)(c2cccnc2)C1=O. The third kappa shape index (κ3) is 3.81. The van der Waals surface area contributed by atoms with E-state index < -0.39 is 17.4 Å². The molecule has 1 amide bonds. The van der Waals surface area contributed by atoms with Crippen molar-refractivity contribution in [2.24, 2.45) is 0 Å². The van der Waals surface area contributed by atoms with Crippen LogP contribution in [0.5, 0.6) is 0 Å². The lowest BCUT2D eigenvalue weighted by Gasteiger charge is -2.23. The summed E-state index contributed by atoms with van der Waals surface area (Å²) in [5.74, 6) is -2.02. The molecule has 0 radical (unpaired) electrons. The Morgan fingerprint density at radius 2 is 2.21 bits per heavy atom. The third-order valence-electron chi connectivity index (χ3n) is 3.40. The number of alkyl halides is 1. The molecule has 2 heterocycles. The summed E-state index contributed by atoms with van der Waals surface area (Å²) in [6.07, 6.45) is 3.91. The van der Waals surface area contributed by atoms with Crippen LogP contribution in [0.25, 0.3) is 0 Å². The highest BCUT2D eigenvalue weighted by Gasteiger charge is 2.50. The number of hydrogen-bond acceptors (Lipinski definition) is 6. The predicted octanol–water partition coefficient (Wildman–Crippen LogP) is 1.92. The van der Waals surface area contributed by atoms with Gasteiger partial charge in [-0.15, -0.1) is 0 Å². The van der Waals surface area contributed by atoms with Gasteiger partial charge in [0.15, 0.2) is 0 Å². The number of pyridine rings is 1. The average Bonchev–Trinajstić information content (AvgIpc) is 2.79. The smallest absolute Gasteiger partial charge is 0.308 e. The summed E-state index contributed by atoms with van der Waals surface area (Å²) in [5, 5.41) is 3.17. The van der Waals surface area contributed by atoms with Gasteiger partial charge < -0.3 is 9.47 Å². The second kappa shape index (κ2) is 7.57. The Kier molecular flexibility index (Phi) is 5.71. The van der Waals surface area contributed by atoms with Crippen LogP contribution >= 0.6 is 15.9 Å². The number of aromatic nitrogens is 1. The van der Waals surface area contributed by atoms with E-state index in [9.17, 15) is 14.4 Å². The van der Waals surface area contributed by atoms with E-state index in [4.69, 9.17) is 9.47 Å². The van der Waals surface area contributed by atoms with Crippen molar-refractivity contribution in [2.45, 2.75) is 32.3 Å². The van der Waals surface area contributed by atoms with E-state index in [-0.39, 0.29) is 24.0 Å². The zero-order chi connectivity index (χ0) is 17.7. The Bertz CT molecular complexity index is 689. The van der Waals surface area contributed by atoms with Gasteiger partial charge in [-0.1, -0.05) is 22.0 Å². The molecule has 1 aromatic rings. The van der Waals surface area contributed by atoms with Gasteiger partial charge in [0.25, 0.3) is 5.78 Å². The second-order valence-corrected chi connectivity index (χ2v) is 6.09. The van der Waals surface area contributed by atoms with Crippen LogP contribution in [0.1, 0.15) is 32.3 Å². The number of nitrogens with one attached hydrogen (secondary N) is 1. The molecule has 0 saturated carbocycles. The maximum Gasteiger partial charge on any atom is 0.308 e. The van der Waals surface area contributed by atoms with Gasteiger partial charge in [0.1, 0.15) is 0 Å². The van der Waals surface area contributed by atoms with E-state index in [2.05, 4.69) is 26.2 Å². The molecule has 1 aliphatic heterocycles. The normalized spacial score (nSPS) is 19.9. The largest absolute Gasteiger partial charge is 0.456 e. The first-order valence-electron chi connectivity index (χ1n) is 7.31. The van der Waals surface area contributed by atoms with Gasteiger partial charge in [0.05, 0.1) is 0 Å². The Balaban J connectivity index is 2.30. The molecule has 1 atom stereocenters. The highest BCUT2D eigenvalue weighted by Crippen LogP contribution is 2.38. The van der Waals surface area contributed by atoms with Crippen molar-refractivity contribution in [3.05, 3.63) is 41.7 Å². The van der Waals surface area contributed by atoms with Crippen molar-refractivity contribution in [1.82, 2.24) is 10.3 Å². The number of ether oxygens (including phenoxy) is 2. The van der Waals surface area contributed by atoms with Crippen molar-refractivity contribution in [1.29, 1.82) is 0 Å². The molecular weight excluding hydrogens is 380 g/mol. The van der Waals surface area contributed by atoms with Crippen LogP contribution in [0, 0.1) is 0 Å². The highest BCUT2D eigenvalue weighted by atomic mass is 79.9. The van der Waals surface area contributed by atoms with E-state index in [1.54, 1.807) is 18.3 Å². The van der Waals surface area contributed by atoms with E-state index in [1.165, 1.54) is 20.0 Å². The molecule has 8 heteroatoms. The van der Waals surface area contributed by atoms with Crippen LogP contribution in [-0.4, -0.2) is 28.0 Å². The van der Waals surface area contributed by atoms with Crippen molar-refractivity contribution < 1.29 is 23.9 Å². The van der Waals surface area contributed by atoms with E-state index in [0.29, 0.717) is 17.3 Å². The molecule has 1 N–H and O–H groups in total. The van der Waals surface area contributed by atoms with Crippen molar-refractivity contribution in [3.8, 4) is 0 Å². The van der Waals surface area contributed by atoms with Crippen LogP contribution in [0.2, 0.25) is 0 Å². The maximum absolute atomic E-state index is 12.7. The number of rotatable bonds is 6. The van der Waals surface area contributed by atoms with Crippen molar-refractivity contribution in [2.75, 3.05) is 5.33 Å². The van der Waals surface area contributed by atoms with Gasteiger partial charge in [-0.05, 0) is 19.4 Å². The number of hydrogen-bond donors (Lipinski definition) is 1. The van der Waals surface area contributed by atoms with Gasteiger partial charge in [-0.2, -0.15) is 0 Å². The molecular formula is C16H17BrN2O5. The summed E-state index contributed by atoms with van der Waals surface area (Å²) in [5.41, 5.74) is -0.929. The van der Waals surface area contributed by atoms with Crippen molar-refractivity contribution in [3.63, 3.8) is 0 Å². The van der Waals surface area contributed by atoms with Crippen LogP contribution < -0.4 is 5.32 Å². The molecule has 24 heavy (non-hydrogen) atoms. The van der Waals surface area contributed by atoms with Crippen molar-refractivity contribution >= 4 is 33.6 Å². The zero-order valence-electron chi connectivity index (χ0n) is 13.3.